The summed E-state index contributed by atoms with van der Waals surface area (Å²) >= 11 is 2.94. The second-order valence-electron chi connectivity index (χ2n) is 7.55. The van der Waals surface area contributed by atoms with Crippen LogP contribution in [0.5, 0.6) is 0 Å². The molecule has 4 rings (SSSR count). The number of hydrogen-bond donors (Lipinski definition) is 2. The molecule has 198 valence electrons. The van der Waals surface area contributed by atoms with E-state index >= 15 is 0 Å². The van der Waals surface area contributed by atoms with Gasteiger partial charge < -0.3 is 14.8 Å². The summed E-state index contributed by atoms with van der Waals surface area (Å²) in [5.74, 6) is -0.994. The van der Waals surface area contributed by atoms with Gasteiger partial charge in [-0.2, -0.15) is 0 Å². The summed E-state index contributed by atoms with van der Waals surface area (Å²) in [6.45, 7) is 7.69. The van der Waals surface area contributed by atoms with E-state index in [9.17, 15) is 8.78 Å². The molecule has 0 bridgehead atoms. The summed E-state index contributed by atoms with van der Waals surface area (Å²) in [7, 11) is 2.00. The molecule has 1 heterocycles. The van der Waals surface area contributed by atoms with E-state index < -0.39 is 5.92 Å². The van der Waals surface area contributed by atoms with Gasteiger partial charge in [0.05, 0.1) is 0 Å². The number of aryl methyl sites for hydroxylation is 1. The van der Waals surface area contributed by atoms with Crippen molar-refractivity contribution in [2.75, 3.05) is 20.1 Å². The van der Waals surface area contributed by atoms with Crippen LogP contribution in [-0.4, -0.2) is 34.8 Å². The molecule has 2 N–H and O–H groups in total. The summed E-state index contributed by atoms with van der Waals surface area (Å²) in [6, 6.07) is 23.6. The molecule has 0 atom stereocenters. The SMILES string of the molecule is CBr.CC.CO.CO.Cc1ccc2c(c1)c(Cc1ccccc1)cn2Cc1ccc(C(C)(F)F)cc1. The lowest BCUT2D eigenvalue weighted by Crippen LogP contribution is -2.07. The molecule has 0 fully saturated rings. The molecule has 3 nitrogen and oxygen atoms in total. The summed E-state index contributed by atoms with van der Waals surface area (Å²) in [5.41, 5.74) is 6.01. The molecule has 0 amide bonds. The number of nitrogens with zero attached hydrogens (tertiary/aromatic N) is 1. The van der Waals surface area contributed by atoms with Crippen molar-refractivity contribution in [3.8, 4) is 0 Å². The smallest absolute Gasteiger partial charge is 0.270 e. The van der Waals surface area contributed by atoms with Crippen molar-refractivity contribution in [2.24, 2.45) is 0 Å². The molecular formula is C30H40BrF2NO2. The zero-order valence-corrected chi connectivity index (χ0v) is 24.0. The van der Waals surface area contributed by atoms with E-state index in [1.807, 2.05) is 25.7 Å². The fourth-order valence-electron chi connectivity index (χ4n) is 3.67. The molecule has 6 heteroatoms. The zero-order chi connectivity index (χ0) is 27.7. The molecule has 0 unspecified atom stereocenters. The van der Waals surface area contributed by atoms with Crippen molar-refractivity contribution in [2.45, 2.75) is 46.6 Å². The number of aliphatic hydroxyl groups is 2. The number of aliphatic hydroxyl groups excluding tert-OH is 2. The molecule has 1 aromatic heterocycles. The second-order valence-corrected chi connectivity index (χ2v) is 7.55. The van der Waals surface area contributed by atoms with E-state index in [2.05, 4.69) is 76.1 Å². The van der Waals surface area contributed by atoms with Crippen LogP contribution in [0.2, 0.25) is 0 Å². The lowest BCUT2D eigenvalue weighted by atomic mass is 10.0. The standard InChI is InChI=1S/C25H23F2N.C2H6.CH3Br.2CH4O/c1-18-8-13-24-23(14-18)21(15-19-6-4-3-5-7-19)17-28(24)16-20-9-11-22(12-10-20)25(2,26)27;4*1-2/h3-14,17H,15-16H2,1-2H3;1-2H3;1H3;2*2H,1H3. The van der Waals surface area contributed by atoms with Crippen LogP contribution in [-0.2, 0) is 18.9 Å². The van der Waals surface area contributed by atoms with Gasteiger partial charge in [-0.15, -0.1) is 0 Å². The number of hydrogen-bond acceptors (Lipinski definition) is 2. The largest absolute Gasteiger partial charge is 0.400 e. The molecule has 0 spiro atoms. The molecule has 36 heavy (non-hydrogen) atoms. The first-order valence-electron chi connectivity index (χ1n) is 11.8. The average Bonchev–Trinajstić information content (AvgIpc) is 3.25. The molecule has 0 saturated carbocycles. The van der Waals surface area contributed by atoms with Crippen LogP contribution in [0.4, 0.5) is 8.78 Å². The minimum Gasteiger partial charge on any atom is -0.400 e. The van der Waals surface area contributed by atoms with Crippen molar-refractivity contribution in [3.05, 3.63) is 107 Å². The molecule has 4 aromatic rings. The first-order chi connectivity index (χ1) is 17.4. The molecule has 3 aromatic carbocycles. The van der Waals surface area contributed by atoms with E-state index in [0.29, 0.717) is 6.54 Å². The Hall–Kier alpha value is -2.54. The minimum atomic E-state index is -2.81. The molecule has 0 aliphatic rings. The Balaban J connectivity index is 0.00000140. The Morgan fingerprint density at radius 2 is 1.36 bits per heavy atom. The third-order valence-corrected chi connectivity index (χ3v) is 5.17. The summed E-state index contributed by atoms with van der Waals surface area (Å²) in [5, 5.41) is 15.3. The van der Waals surface area contributed by atoms with Crippen LogP contribution in [0, 0.1) is 6.92 Å². The molecule has 0 aliphatic heterocycles. The van der Waals surface area contributed by atoms with Gasteiger partial charge in [0.15, 0.2) is 0 Å². The van der Waals surface area contributed by atoms with E-state index in [-0.39, 0.29) is 5.56 Å². The van der Waals surface area contributed by atoms with E-state index in [4.69, 9.17) is 10.2 Å². The number of aromatic nitrogens is 1. The highest BCUT2D eigenvalue weighted by molar-refractivity contribution is 9.08. The topological polar surface area (TPSA) is 45.4 Å². The van der Waals surface area contributed by atoms with Crippen molar-refractivity contribution in [1.29, 1.82) is 0 Å². The summed E-state index contributed by atoms with van der Waals surface area (Å²) in [4.78, 5) is 0. The van der Waals surface area contributed by atoms with Crippen molar-refractivity contribution in [3.63, 3.8) is 0 Å². The van der Waals surface area contributed by atoms with Gasteiger partial charge in [0, 0.05) is 50.4 Å². The van der Waals surface area contributed by atoms with Gasteiger partial charge in [-0.3, -0.25) is 0 Å². The Labute approximate surface area is 223 Å². The number of fused-ring (bicyclic) bond motifs is 1. The summed E-state index contributed by atoms with van der Waals surface area (Å²) < 4.78 is 29.1. The highest BCUT2D eigenvalue weighted by Gasteiger charge is 2.23. The lowest BCUT2D eigenvalue weighted by molar-refractivity contribution is 0.0174. The Kier molecular flexibility index (Phi) is 16.6. The molecular weight excluding hydrogens is 524 g/mol. The summed E-state index contributed by atoms with van der Waals surface area (Å²) in [6.07, 6.45) is 3.06. The van der Waals surface area contributed by atoms with Crippen molar-refractivity contribution >= 4 is 26.8 Å². The van der Waals surface area contributed by atoms with Gasteiger partial charge in [0.1, 0.15) is 0 Å². The third-order valence-electron chi connectivity index (χ3n) is 5.17. The van der Waals surface area contributed by atoms with E-state index in [0.717, 1.165) is 33.1 Å². The monoisotopic (exact) mass is 563 g/mol. The predicted octanol–water partition coefficient (Wildman–Crippen LogP) is 7.95. The van der Waals surface area contributed by atoms with Crippen molar-refractivity contribution < 1.29 is 19.0 Å². The van der Waals surface area contributed by atoms with Gasteiger partial charge in [0.2, 0.25) is 0 Å². The van der Waals surface area contributed by atoms with Gasteiger partial charge in [0.25, 0.3) is 5.92 Å². The maximum absolute atomic E-state index is 13.5. The Morgan fingerprint density at radius 3 is 1.89 bits per heavy atom. The fraction of sp³-hybridized carbons (Fsp3) is 0.333. The highest BCUT2D eigenvalue weighted by atomic mass is 79.9. The molecule has 0 aliphatic carbocycles. The van der Waals surface area contributed by atoms with E-state index in [1.165, 1.54) is 39.7 Å². The minimum absolute atomic E-state index is 0.0500. The molecule has 0 saturated heterocycles. The van der Waals surface area contributed by atoms with Crippen LogP contribution >= 0.6 is 15.9 Å². The van der Waals surface area contributed by atoms with Gasteiger partial charge in [-0.25, -0.2) is 8.78 Å². The number of halogens is 3. The molecule has 0 radical (unpaired) electrons. The Bertz CT molecular complexity index is 1110. The fourth-order valence-corrected chi connectivity index (χ4v) is 3.67. The van der Waals surface area contributed by atoms with Gasteiger partial charge in [-0.1, -0.05) is 96.0 Å². The van der Waals surface area contributed by atoms with Crippen LogP contribution in [0.25, 0.3) is 10.9 Å². The second kappa shape index (κ2) is 17.8. The quantitative estimate of drug-likeness (QED) is 0.242. The first kappa shape index (κ1) is 33.5. The van der Waals surface area contributed by atoms with Gasteiger partial charge >= 0.3 is 0 Å². The van der Waals surface area contributed by atoms with Crippen LogP contribution in [0.15, 0.2) is 79.0 Å². The van der Waals surface area contributed by atoms with E-state index in [1.54, 1.807) is 12.1 Å². The highest BCUT2D eigenvalue weighted by Crippen LogP contribution is 2.28. The first-order valence-corrected chi connectivity index (χ1v) is 13.4. The number of benzene rings is 3. The van der Waals surface area contributed by atoms with Crippen LogP contribution < -0.4 is 0 Å². The van der Waals surface area contributed by atoms with Gasteiger partial charge in [-0.05, 0) is 48.0 Å². The Morgan fingerprint density at radius 1 is 0.806 bits per heavy atom. The normalized spacial score (nSPS) is 9.89. The number of alkyl halides is 3. The third kappa shape index (κ3) is 9.84. The van der Waals surface area contributed by atoms with Crippen molar-refractivity contribution in [1.82, 2.24) is 4.57 Å². The predicted molar refractivity (Wildman–Crippen MR) is 154 cm³/mol. The number of rotatable bonds is 5. The van der Waals surface area contributed by atoms with Crippen LogP contribution in [0.1, 0.15) is 48.6 Å². The maximum Gasteiger partial charge on any atom is 0.270 e. The lowest BCUT2D eigenvalue weighted by Gasteiger charge is -2.11. The average molecular weight is 565 g/mol. The zero-order valence-electron chi connectivity index (χ0n) is 22.4. The van der Waals surface area contributed by atoms with Crippen LogP contribution in [0.3, 0.4) is 0 Å². The maximum atomic E-state index is 13.5.